The number of aliphatic hydroxyl groups is 1. The van der Waals surface area contributed by atoms with Gasteiger partial charge in [0.2, 0.25) is 0 Å². The second-order valence-corrected chi connectivity index (χ2v) is 5.33. The molecule has 0 amide bonds. The molecule has 110 valence electrons. The van der Waals surface area contributed by atoms with E-state index in [1.165, 1.54) is 0 Å². The molecule has 2 rings (SSSR count). The first-order chi connectivity index (χ1) is 10.2. The normalized spacial score (nSPS) is 15.1. The van der Waals surface area contributed by atoms with Gasteiger partial charge in [0.25, 0.3) is 0 Å². The van der Waals surface area contributed by atoms with Crippen LogP contribution >= 0.6 is 0 Å². The second kappa shape index (κ2) is 7.16. The Labute approximate surface area is 126 Å². The topological polar surface area (TPSA) is 45.1 Å². The first-order valence-corrected chi connectivity index (χ1v) is 7.15. The SMILES string of the molecule is C=CC[C@](C)(N[C@H](CO)c1ccccc1)c1ccccn1. The van der Waals surface area contributed by atoms with Crippen LogP contribution in [0, 0.1) is 0 Å². The Kier molecular flexibility index (Phi) is 5.26. The van der Waals surface area contributed by atoms with Gasteiger partial charge in [-0.15, -0.1) is 6.58 Å². The van der Waals surface area contributed by atoms with Gasteiger partial charge in [0.15, 0.2) is 0 Å². The van der Waals surface area contributed by atoms with Gasteiger partial charge in [-0.2, -0.15) is 0 Å². The number of rotatable bonds is 7. The van der Waals surface area contributed by atoms with Gasteiger partial charge in [-0.3, -0.25) is 10.3 Å². The van der Waals surface area contributed by atoms with Crippen molar-refractivity contribution in [1.82, 2.24) is 10.3 Å². The van der Waals surface area contributed by atoms with Crippen molar-refractivity contribution in [2.24, 2.45) is 0 Å². The number of pyridine rings is 1. The Morgan fingerprint density at radius 3 is 2.52 bits per heavy atom. The summed E-state index contributed by atoms with van der Waals surface area (Å²) in [7, 11) is 0. The Balaban J connectivity index is 2.28. The minimum Gasteiger partial charge on any atom is -0.394 e. The van der Waals surface area contributed by atoms with Gasteiger partial charge < -0.3 is 5.11 Å². The number of aromatic nitrogens is 1. The van der Waals surface area contributed by atoms with Crippen LogP contribution in [0.25, 0.3) is 0 Å². The molecule has 0 aliphatic rings. The van der Waals surface area contributed by atoms with Crippen LogP contribution in [0.3, 0.4) is 0 Å². The molecule has 21 heavy (non-hydrogen) atoms. The van der Waals surface area contributed by atoms with Crippen LogP contribution in [0.4, 0.5) is 0 Å². The third kappa shape index (κ3) is 3.78. The summed E-state index contributed by atoms with van der Waals surface area (Å²) in [4.78, 5) is 4.46. The summed E-state index contributed by atoms with van der Waals surface area (Å²) in [6.07, 6.45) is 4.39. The van der Waals surface area contributed by atoms with Crippen LogP contribution in [-0.2, 0) is 5.54 Å². The van der Waals surface area contributed by atoms with Crippen LogP contribution in [0.15, 0.2) is 67.4 Å². The first-order valence-electron chi connectivity index (χ1n) is 7.15. The Morgan fingerprint density at radius 2 is 1.95 bits per heavy atom. The average Bonchev–Trinajstić information content (AvgIpc) is 2.54. The van der Waals surface area contributed by atoms with Crippen LogP contribution in [0.1, 0.15) is 30.6 Å². The highest BCUT2D eigenvalue weighted by Gasteiger charge is 2.29. The molecule has 3 nitrogen and oxygen atoms in total. The molecule has 1 heterocycles. The molecule has 0 unspecified atom stereocenters. The van der Waals surface area contributed by atoms with E-state index in [0.717, 1.165) is 17.7 Å². The lowest BCUT2D eigenvalue weighted by molar-refractivity contribution is 0.203. The fraction of sp³-hybridized carbons (Fsp3) is 0.278. The van der Waals surface area contributed by atoms with E-state index >= 15 is 0 Å². The zero-order chi connectivity index (χ0) is 15.1. The first kappa shape index (κ1) is 15.4. The van der Waals surface area contributed by atoms with E-state index in [9.17, 15) is 5.11 Å². The standard InChI is InChI=1S/C18H22N2O/c1-3-12-18(2,17-11-7-8-13-19-17)20-16(14-21)15-9-5-4-6-10-15/h3-11,13,16,20-21H,1,12,14H2,2H3/t16-,18+/m1/s1. The minimum absolute atomic E-state index is 0.0313. The Morgan fingerprint density at radius 1 is 1.24 bits per heavy atom. The van der Waals surface area contributed by atoms with Crippen molar-refractivity contribution in [2.45, 2.75) is 24.9 Å². The summed E-state index contributed by atoms with van der Waals surface area (Å²) in [6.45, 7) is 5.96. The van der Waals surface area contributed by atoms with E-state index in [4.69, 9.17) is 0 Å². The fourth-order valence-electron chi connectivity index (χ4n) is 2.52. The molecular weight excluding hydrogens is 260 g/mol. The molecule has 0 aliphatic heterocycles. The second-order valence-electron chi connectivity index (χ2n) is 5.33. The third-order valence-corrected chi connectivity index (χ3v) is 3.66. The number of nitrogens with one attached hydrogen (secondary N) is 1. The summed E-state index contributed by atoms with van der Waals surface area (Å²) in [5, 5.41) is 13.3. The molecule has 2 aromatic rings. The number of aliphatic hydroxyl groups excluding tert-OH is 1. The van der Waals surface area contributed by atoms with Crippen LogP contribution < -0.4 is 5.32 Å². The van der Waals surface area contributed by atoms with E-state index in [1.54, 1.807) is 6.20 Å². The third-order valence-electron chi connectivity index (χ3n) is 3.66. The lowest BCUT2D eigenvalue weighted by Gasteiger charge is -2.33. The highest BCUT2D eigenvalue weighted by molar-refractivity contribution is 5.22. The largest absolute Gasteiger partial charge is 0.394 e. The highest BCUT2D eigenvalue weighted by atomic mass is 16.3. The molecule has 0 saturated carbocycles. The van der Waals surface area contributed by atoms with Crippen LogP contribution in [0.2, 0.25) is 0 Å². The van der Waals surface area contributed by atoms with E-state index in [2.05, 4.69) is 23.8 Å². The molecule has 0 fully saturated rings. The van der Waals surface area contributed by atoms with Crippen molar-refractivity contribution in [2.75, 3.05) is 6.61 Å². The van der Waals surface area contributed by atoms with Crippen molar-refractivity contribution in [3.05, 3.63) is 78.6 Å². The van der Waals surface area contributed by atoms with Crippen molar-refractivity contribution in [3.8, 4) is 0 Å². The van der Waals surface area contributed by atoms with E-state index in [0.29, 0.717) is 0 Å². The van der Waals surface area contributed by atoms with Gasteiger partial charge in [0, 0.05) is 6.20 Å². The number of nitrogens with zero attached hydrogens (tertiary/aromatic N) is 1. The van der Waals surface area contributed by atoms with Gasteiger partial charge >= 0.3 is 0 Å². The fourth-order valence-corrected chi connectivity index (χ4v) is 2.52. The number of benzene rings is 1. The molecule has 0 aliphatic carbocycles. The van der Waals surface area contributed by atoms with E-state index < -0.39 is 0 Å². The summed E-state index contributed by atoms with van der Waals surface area (Å²) in [6, 6.07) is 15.7. The summed E-state index contributed by atoms with van der Waals surface area (Å²) in [5.41, 5.74) is 1.64. The Hall–Kier alpha value is -1.97. The summed E-state index contributed by atoms with van der Waals surface area (Å²) in [5.74, 6) is 0. The monoisotopic (exact) mass is 282 g/mol. The predicted octanol–water partition coefficient (Wildman–Crippen LogP) is 3.20. The molecule has 0 saturated heterocycles. The van der Waals surface area contributed by atoms with Crippen molar-refractivity contribution in [1.29, 1.82) is 0 Å². The Bertz CT molecular complexity index is 556. The van der Waals surface area contributed by atoms with Crippen molar-refractivity contribution in [3.63, 3.8) is 0 Å². The van der Waals surface area contributed by atoms with Gasteiger partial charge in [0.05, 0.1) is 23.9 Å². The minimum atomic E-state index is -0.369. The van der Waals surface area contributed by atoms with Gasteiger partial charge in [-0.05, 0) is 31.0 Å². The quantitative estimate of drug-likeness (QED) is 0.767. The van der Waals surface area contributed by atoms with E-state index in [-0.39, 0.29) is 18.2 Å². The molecule has 2 atom stereocenters. The zero-order valence-corrected chi connectivity index (χ0v) is 12.4. The maximum Gasteiger partial charge on any atom is 0.0626 e. The summed E-state index contributed by atoms with van der Waals surface area (Å²) < 4.78 is 0. The number of hydrogen-bond donors (Lipinski definition) is 2. The maximum absolute atomic E-state index is 9.75. The van der Waals surface area contributed by atoms with E-state index in [1.807, 2.05) is 54.6 Å². The van der Waals surface area contributed by atoms with Crippen molar-refractivity contribution < 1.29 is 5.11 Å². The zero-order valence-electron chi connectivity index (χ0n) is 12.4. The highest BCUT2D eigenvalue weighted by Crippen LogP contribution is 2.27. The van der Waals surface area contributed by atoms with Crippen LogP contribution in [0.5, 0.6) is 0 Å². The predicted molar refractivity (Wildman–Crippen MR) is 85.8 cm³/mol. The molecule has 0 spiro atoms. The maximum atomic E-state index is 9.75. The molecular formula is C18H22N2O. The van der Waals surface area contributed by atoms with Crippen molar-refractivity contribution >= 4 is 0 Å². The van der Waals surface area contributed by atoms with Gasteiger partial charge in [0.1, 0.15) is 0 Å². The molecule has 1 aromatic heterocycles. The van der Waals surface area contributed by atoms with Gasteiger partial charge in [-0.1, -0.05) is 42.5 Å². The summed E-state index contributed by atoms with van der Waals surface area (Å²) >= 11 is 0. The smallest absolute Gasteiger partial charge is 0.0626 e. The molecule has 0 bridgehead atoms. The lowest BCUT2D eigenvalue weighted by Crippen LogP contribution is -2.43. The average molecular weight is 282 g/mol. The molecule has 1 aromatic carbocycles. The molecule has 3 heteroatoms. The van der Waals surface area contributed by atoms with Crippen LogP contribution in [-0.4, -0.2) is 16.7 Å². The van der Waals surface area contributed by atoms with Gasteiger partial charge in [-0.25, -0.2) is 0 Å². The molecule has 0 radical (unpaired) electrons. The lowest BCUT2D eigenvalue weighted by atomic mass is 9.90. The number of hydrogen-bond acceptors (Lipinski definition) is 3. The molecule has 2 N–H and O–H groups in total.